The zero-order valence-corrected chi connectivity index (χ0v) is 10.7. The largest absolute Gasteiger partial charge is 0.369 e. The van der Waals surface area contributed by atoms with Crippen LogP contribution in [-0.4, -0.2) is 15.5 Å². The Bertz CT molecular complexity index is 513. The molecule has 1 aromatic rings. The third kappa shape index (κ3) is 1.70. The minimum atomic E-state index is 0.402. The Hall–Kier alpha value is -1.78. The number of imidazole rings is 1. The van der Waals surface area contributed by atoms with E-state index in [1.54, 1.807) is 0 Å². The van der Waals surface area contributed by atoms with E-state index in [1.165, 1.54) is 25.7 Å². The van der Waals surface area contributed by atoms with E-state index >= 15 is 0 Å². The van der Waals surface area contributed by atoms with Crippen LogP contribution >= 0.6 is 0 Å². The van der Waals surface area contributed by atoms with Crippen molar-refractivity contribution in [2.75, 3.05) is 0 Å². The van der Waals surface area contributed by atoms with Crippen LogP contribution in [0.1, 0.15) is 44.3 Å². The summed E-state index contributed by atoms with van der Waals surface area (Å²) in [5, 5.41) is 2.92. The molecule has 3 N–H and O–H groups in total. The number of guanidine groups is 1. The van der Waals surface area contributed by atoms with Gasteiger partial charge in [-0.3, -0.25) is 0 Å². The van der Waals surface area contributed by atoms with Gasteiger partial charge in [-0.15, -0.1) is 0 Å². The highest BCUT2D eigenvalue weighted by Crippen LogP contribution is 2.40. The molecule has 0 spiro atoms. The monoisotopic (exact) mass is 245 g/mol. The Morgan fingerprint density at radius 2 is 2.39 bits per heavy atom. The molecule has 2 heterocycles. The summed E-state index contributed by atoms with van der Waals surface area (Å²) in [5.41, 5.74) is 7.32. The molecule has 0 bridgehead atoms. The third-order valence-electron chi connectivity index (χ3n) is 4.04. The number of nitrogens with zero attached hydrogens (tertiary/aromatic N) is 3. The van der Waals surface area contributed by atoms with Gasteiger partial charge in [-0.25, -0.2) is 4.98 Å². The highest BCUT2D eigenvalue weighted by Gasteiger charge is 2.28. The Morgan fingerprint density at radius 3 is 3.11 bits per heavy atom. The van der Waals surface area contributed by atoms with Crippen LogP contribution in [0.25, 0.3) is 5.70 Å². The average Bonchev–Trinajstić information content (AvgIpc) is 2.93. The van der Waals surface area contributed by atoms with Gasteiger partial charge in [0.05, 0.1) is 12.0 Å². The fourth-order valence-corrected chi connectivity index (χ4v) is 2.97. The molecule has 0 aromatic carbocycles. The molecular formula is C13H19N5. The summed E-state index contributed by atoms with van der Waals surface area (Å²) in [4.78, 5) is 8.78. The van der Waals surface area contributed by atoms with Crippen molar-refractivity contribution >= 4 is 17.5 Å². The zero-order valence-electron chi connectivity index (χ0n) is 10.7. The smallest absolute Gasteiger partial charge is 0.199 e. The number of nitrogens with one attached hydrogen (secondary N) is 1. The van der Waals surface area contributed by atoms with Gasteiger partial charge < -0.3 is 15.6 Å². The molecule has 1 aliphatic heterocycles. The lowest BCUT2D eigenvalue weighted by Gasteiger charge is -2.18. The van der Waals surface area contributed by atoms with Crippen molar-refractivity contribution < 1.29 is 0 Å². The van der Waals surface area contributed by atoms with Crippen molar-refractivity contribution in [2.24, 2.45) is 16.6 Å². The van der Waals surface area contributed by atoms with Crippen molar-refractivity contribution in [1.29, 1.82) is 0 Å². The number of fused-ring (bicyclic) bond motifs is 1. The SMILES string of the molecule is C=C1NC(N)=Nc2c1ncn2C1CCC(CC)C1. The van der Waals surface area contributed by atoms with Crippen molar-refractivity contribution in [3.8, 4) is 0 Å². The first-order valence-electron chi connectivity index (χ1n) is 6.56. The van der Waals surface area contributed by atoms with Crippen LogP contribution < -0.4 is 11.1 Å². The summed E-state index contributed by atoms with van der Waals surface area (Å²) in [5.74, 6) is 2.09. The summed E-state index contributed by atoms with van der Waals surface area (Å²) >= 11 is 0. The van der Waals surface area contributed by atoms with Gasteiger partial charge in [0, 0.05) is 6.04 Å². The number of aromatic nitrogens is 2. The number of nitrogens with two attached hydrogens (primary N) is 1. The van der Waals surface area contributed by atoms with Crippen molar-refractivity contribution in [1.82, 2.24) is 14.9 Å². The van der Waals surface area contributed by atoms with Gasteiger partial charge in [0.25, 0.3) is 0 Å². The quantitative estimate of drug-likeness (QED) is 0.839. The first-order chi connectivity index (χ1) is 8.69. The first kappa shape index (κ1) is 11.3. The van der Waals surface area contributed by atoms with E-state index in [4.69, 9.17) is 5.73 Å². The van der Waals surface area contributed by atoms with Crippen LogP contribution in [0.3, 0.4) is 0 Å². The molecule has 96 valence electrons. The maximum Gasteiger partial charge on any atom is 0.199 e. The molecule has 2 aliphatic rings. The molecule has 0 radical (unpaired) electrons. The Kier molecular flexibility index (Phi) is 2.61. The van der Waals surface area contributed by atoms with Gasteiger partial charge in [0.15, 0.2) is 11.8 Å². The summed E-state index contributed by atoms with van der Waals surface area (Å²) in [6.45, 7) is 6.19. The van der Waals surface area contributed by atoms with E-state index in [1.807, 2.05) is 6.33 Å². The molecule has 1 saturated carbocycles. The fourth-order valence-electron chi connectivity index (χ4n) is 2.97. The molecule has 18 heavy (non-hydrogen) atoms. The van der Waals surface area contributed by atoms with Crippen LogP contribution in [0.4, 0.5) is 5.82 Å². The standard InChI is InChI=1S/C13H19N5/c1-3-9-4-5-10(6-9)18-7-15-11-8(2)16-13(14)17-12(11)18/h7,9-10H,2-6H2,1H3,(H3,14,16,17). The third-order valence-corrected chi connectivity index (χ3v) is 4.04. The second-order valence-corrected chi connectivity index (χ2v) is 5.17. The molecule has 0 amide bonds. The minimum absolute atomic E-state index is 0.402. The Balaban J connectivity index is 1.94. The van der Waals surface area contributed by atoms with E-state index in [2.05, 4.69) is 33.4 Å². The van der Waals surface area contributed by atoms with E-state index in [0.29, 0.717) is 12.0 Å². The van der Waals surface area contributed by atoms with E-state index in [-0.39, 0.29) is 0 Å². The van der Waals surface area contributed by atoms with Gasteiger partial charge in [-0.2, -0.15) is 4.99 Å². The van der Waals surface area contributed by atoms with Gasteiger partial charge in [0.1, 0.15) is 5.69 Å². The summed E-state index contributed by atoms with van der Waals surface area (Å²) in [6, 6.07) is 0.508. The van der Waals surface area contributed by atoms with Crippen molar-refractivity contribution in [3.63, 3.8) is 0 Å². The van der Waals surface area contributed by atoms with Gasteiger partial charge in [0.2, 0.25) is 0 Å². The molecule has 2 atom stereocenters. The predicted molar refractivity (Wildman–Crippen MR) is 72.3 cm³/mol. The number of aliphatic imine (C=N–C) groups is 1. The number of hydrogen-bond acceptors (Lipinski definition) is 4. The van der Waals surface area contributed by atoms with Gasteiger partial charge in [-0.05, 0) is 25.2 Å². The highest BCUT2D eigenvalue weighted by atomic mass is 15.2. The number of rotatable bonds is 2. The second-order valence-electron chi connectivity index (χ2n) is 5.17. The molecule has 3 rings (SSSR count). The molecule has 5 heteroatoms. The second kappa shape index (κ2) is 4.15. The van der Waals surface area contributed by atoms with Gasteiger partial charge in [-0.1, -0.05) is 19.9 Å². The molecular weight excluding hydrogens is 226 g/mol. The maximum absolute atomic E-state index is 5.76. The average molecular weight is 245 g/mol. The van der Waals surface area contributed by atoms with Crippen LogP contribution in [-0.2, 0) is 0 Å². The number of hydrogen-bond donors (Lipinski definition) is 2. The van der Waals surface area contributed by atoms with Crippen molar-refractivity contribution in [3.05, 3.63) is 18.6 Å². The molecule has 1 fully saturated rings. The minimum Gasteiger partial charge on any atom is -0.369 e. The molecule has 2 unspecified atom stereocenters. The van der Waals surface area contributed by atoms with Crippen LogP contribution in [0.5, 0.6) is 0 Å². The fraction of sp³-hybridized carbons (Fsp3) is 0.538. The normalized spacial score (nSPS) is 26.7. The van der Waals surface area contributed by atoms with Crippen LogP contribution in [0.15, 0.2) is 17.9 Å². The van der Waals surface area contributed by atoms with Crippen LogP contribution in [0.2, 0.25) is 0 Å². The molecule has 1 aliphatic carbocycles. The topological polar surface area (TPSA) is 68.2 Å². The van der Waals surface area contributed by atoms with E-state index in [0.717, 1.165) is 23.1 Å². The lowest BCUT2D eigenvalue weighted by molar-refractivity contribution is 0.470. The van der Waals surface area contributed by atoms with E-state index in [9.17, 15) is 0 Å². The van der Waals surface area contributed by atoms with Gasteiger partial charge >= 0.3 is 0 Å². The zero-order chi connectivity index (χ0) is 12.7. The Labute approximate surface area is 107 Å². The Morgan fingerprint density at radius 1 is 1.56 bits per heavy atom. The molecule has 5 nitrogen and oxygen atoms in total. The lowest BCUT2D eigenvalue weighted by Crippen LogP contribution is -2.32. The highest BCUT2D eigenvalue weighted by molar-refractivity contribution is 5.93. The predicted octanol–water partition coefficient (Wildman–Crippen LogP) is 2.15. The lowest BCUT2D eigenvalue weighted by atomic mass is 10.1. The summed E-state index contributed by atoms with van der Waals surface area (Å²) < 4.78 is 2.17. The maximum atomic E-state index is 5.76. The van der Waals surface area contributed by atoms with Crippen LogP contribution in [0, 0.1) is 5.92 Å². The summed E-state index contributed by atoms with van der Waals surface area (Å²) in [7, 11) is 0. The molecule has 0 saturated heterocycles. The molecule has 1 aromatic heterocycles. The summed E-state index contributed by atoms with van der Waals surface area (Å²) in [6.07, 6.45) is 6.85. The first-order valence-corrected chi connectivity index (χ1v) is 6.56. The van der Waals surface area contributed by atoms with Crippen molar-refractivity contribution in [2.45, 2.75) is 38.6 Å². The van der Waals surface area contributed by atoms with E-state index < -0.39 is 0 Å².